The lowest BCUT2D eigenvalue weighted by Gasteiger charge is -2.37. The van der Waals surface area contributed by atoms with Crippen LogP contribution < -0.4 is 5.32 Å². The summed E-state index contributed by atoms with van der Waals surface area (Å²) in [5.41, 5.74) is 2.14. The van der Waals surface area contributed by atoms with Crippen molar-refractivity contribution < 1.29 is 0 Å². The maximum atomic E-state index is 6.23. The first-order valence-corrected chi connectivity index (χ1v) is 7.73. The maximum absolute atomic E-state index is 6.23. The fourth-order valence-electron chi connectivity index (χ4n) is 2.62. The second-order valence-corrected chi connectivity index (χ2v) is 6.41. The van der Waals surface area contributed by atoms with Crippen molar-refractivity contribution in [3.63, 3.8) is 0 Å². The predicted molar refractivity (Wildman–Crippen MR) is 87.3 cm³/mol. The van der Waals surface area contributed by atoms with Crippen LogP contribution in [0.3, 0.4) is 0 Å². The van der Waals surface area contributed by atoms with E-state index in [2.05, 4.69) is 11.4 Å². The molecule has 1 nitrogen and oxygen atoms in total. The van der Waals surface area contributed by atoms with Crippen LogP contribution in [0.2, 0.25) is 15.1 Å². The molecule has 0 heterocycles. The van der Waals surface area contributed by atoms with E-state index in [1.54, 1.807) is 6.07 Å². The molecule has 0 aliphatic heterocycles. The molecule has 1 aliphatic rings. The maximum Gasteiger partial charge on any atom is 0.0638 e. The van der Waals surface area contributed by atoms with Crippen molar-refractivity contribution in [2.45, 2.75) is 24.8 Å². The Morgan fingerprint density at radius 2 is 1.65 bits per heavy atom. The highest BCUT2D eigenvalue weighted by Gasteiger charge is 2.31. The van der Waals surface area contributed by atoms with E-state index in [9.17, 15) is 0 Å². The highest BCUT2D eigenvalue weighted by molar-refractivity contribution is 6.35. The summed E-state index contributed by atoms with van der Waals surface area (Å²) >= 11 is 18.4. The van der Waals surface area contributed by atoms with Crippen molar-refractivity contribution in [3.05, 3.63) is 63.1 Å². The zero-order valence-electron chi connectivity index (χ0n) is 10.7. The summed E-state index contributed by atoms with van der Waals surface area (Å²) in [6.07, 6.45) is 2.12. The molecule has 0 saturated heterocycles. The number of hydrogen-bond donors (Lipinski definition) is 1. The van der Waals surface area contributed by atoms with Gasteiger partial charge < -0.3 is 5.32 Å². The van der Waals surface area contributed by atoms with Crippen LogP contribution in [0.4, 0.5) is 5.69 Å². The van der Waals surface area contributed by atoms with E-state index in [-0.39, 0.29) is 0 Å². The van der Waals surface area contributed by atoms with E-state index in [0.717, 1.165) is 23.6 Å². The summed E-state index contributed by atoms with van der Waals surface area (Å²) in [5, 5.41) is 5.70. The Hall–Kier alpha value is -0.890. The van der Waals surface area contributed by atoms with Crippen LogP contribution in [-0.2, 0) is 0 Å². The van der Waals surface area contributed by atoms with Crippen molar-refractivity contribution in [2.24, 2.45) is 0 Å². The summed E-state index contributed by atoms with van der Waals surface area (Å²) in [5.74, 6) is 0.527. The normalized spacial score (nSPS) is 21.4. The number of benzene rings is 2. The first kappa shape index (κ1) is 14.1. The van der Waals surface area contributed by atoms with E-state index in [1.165, 1.54) is 5.56 Å². The molecule has 1 saturated carbocycles. The molecule has 0 spiro atoms. The molecule has 1 aliphatic carbocycles. The quantitative estimate of drug-likeness (QED) is 0.729. The van der Waals surface area contributed by atoms with E-state index in [1.807, 2.05) is 30.3 Å². The Morgan fingerprint density at radius 1 is 0.900 bits per heavy atom. The van der Waals surface area contributed by atoms with E-state index >= 15 is 0 Å². The first-order chi connectivity index (χ1) is 9.63. The summed E-state index contributed by atoms with van der Waals surface area (Å²) in [6.45, 7) is 0. The Bertz CT molecular complexity index is 621. The second kappa shape index (κ2) is 5.85. The molecule has 0 unspecified atom stereocenters. The molecular weight excluding hydrogens is 313 g/mol. The summed E-state index contributed by atoms with van der Waals surface area (Å²) < 4.78 is 0. The number of nitrogens with one attached hydrogen (secondary N) is 1. The minimum Gasteiger partial charge on any atom is -0.381 e. The Labute approximate surface area is 133 Å². The van der Waals surface area contributed by atoms with Gasteiger partial charge in [0.15, 0.2) is 0 Å². The molecule has 0 radical (unpaired) electrons. The molecule has 1 fully saturated rings. The van der Waals surface area contributed by atoms with Gasteiger partial charge in [0.1, 0.15) is 0 Å². The van der Waals surface area contributed by atoms with Gasteiger partial charge in [0, 0.05) is 16.1 Å². The number of halogens is 3. The molecule has 1 N–H and O–H groups in total. The SMILES string of the molecule is Clc1ccc(Cl)c(NC2CC(c3ccccc3Cl)C2)c1. The third kappa shape index (κ3) is 2.90. The number of hydrogen-bond acceptors (Lipinski definition) is 1. The van der Waals surface area contributed by atoms with Crippen LogP contribution in [0.5, 0.6) is 0 Å². The molecule has 2 aromatic rings. The van der Waals surface area contributed by atoms with Crippen LogP contribution in [-0.4, -0.2) is 6.04 Å². The molecule has 0 amide bonds. The number of rotatable bonds is 3. The average molecular weight is 327 g/mol. The molecule has 104 valence electrons. The van der Waals surface area contributed by atoms with Crippen molar-refractivity contribution in [2.75, 3.05) is 5.32 Å². The van der Waals surface area contributed by atoms with Gasteiger partial charge in [-0.2, -0.15) is 0 Å². The zero-order chi connectivity index (χ0) is 14.1. The van der Waals surface area contributed by atoms with Gasteiger partial charge in [-0.25, -0.2) is 0 Å². The van der Waals surface area contributed by atoms with Gasteiger partial charge in [-0.15, -0.1) is 0 Å². The van der Waals surface area contributed by atoms with Crippen LogP contribution >= 0.6 is 34.8 Å². The Morgan fingerprint density at radius 3 is 2.40 bits per heavy atom. The lowest BCUT2D eigenvalue weighted by Crippen LogP contribution is -2.34. The van der Waals surface area contributed by atoms with Crippen LogP contribution in [0.25, 0.3) is 0 Å². The van der Waals surface area contributed by atoms with Gasteiger partial charge in [0.25, 0.3) is 0 Å². The molecular formula is C16H14Cl3N. The van der Waals surface area contributed by atoms with Crippen molar-refractivity contribution in [1.29, 1.82) is 0 Å². The number of anilines is 1. The van der Waals surface area contributed by atoms with Crippen LogP contribution in [0.15, 0.2) is 42.5 Å². The molecule has 0 atom stereocenters. The van der Waals surface area contributed by atoms with Gasteiger partial charge in [0.05, 0.1) is 10.7 Å². The highest BCUT2D eigenvalue weighted by Crippen LogP contribution is 2.42. The van der Waals surface area contributed by atoms with Crippen molar-refractivity contribution in [1.82, 2.24) is 0 Å². The molecule has 0 bridgehead atoms. The monoisotopic (exact) mass is 325 g/mol. The van der Waals surface area contributed by atoms with Gasteiger partial charge in [0.2, 0.25) is 0 Å². The fraction of sp³-hybridized carbons (Fsp3) is 0.250. The average Bonchev–Trinajstić information content (AvgIpc) is 2.38. The lowest BCUT2D eigenvalue weighted by atomic mass is 9.76. The van der Waals surface area contributed by atoms with Crippen LogP contribution in [0, 0.1) is 0 Å². The summed E-state index contributed by atoms with van der Waals surface area (Å²) in [7, 11) is 0. The summed E-state index contributed by atoms with van der Waals surface area (Å²) in [4.78, 5) is 0. The molecule has 3 rings (SSSR count). The van der Waals surface area contributed by atoms with Crippen LogP contribution in [0.1, 0.15) is 24.3 Å². The second-order valence-electron chi connectivity index (χ2n) is 5.16. The smallest absolute Gasteiger partial charge is 0.0638 e. The zero-order valence-corrected chi connectivity index (χ0v) is 13.0. The standard InChI is InChI=1S/C16H14Cl3N/c17-11-5-6-15(19)16(9-11)20-12-7-10(8-12)13-3-1-2-4-14(13)18/h1-6,9-10,12,20H,7-8H2. The minimum absolute atomic E-state index is 0.423. The molecule has 4 heteroatoms. The van der Waals surface area contributed by atoms with Gasteiger partial charge in [-0.3, -0.25) is 0 Å². The molecule has 0 aromatic heterocycles. The molecule has 20 heavy (non-hydrogen) atoms. The van der Waals surface area contributed by atoms with E-state index in [4.69, 9.17) is 34.8 Å². The Kier molecular flexibility index (Phi) is 4.11. The largest absolute Gasteiger partial charge is 0.381 e. The van der Waals surface area contributed by atoms with E-state index in [0.29, 0.717) is 22.0 Å². The van der Waals surface area contributed by atoms with Crippen molar-refractivity contribution in [3.8, 4) is 0 Å². The summed E-state index contributed by atoms with van der Waals surface area (Å²) in [6, 6.07) is 14.0. The highest BCUT2D eigenvalue weighted by atomic mass is 35.5. The lowest BCUT2D eigenvalue weighted by molar-refractivity contribution is 0.374. The van der Waals surface area contributed by atoms with E-state index < -0.39 is 0 Å². The fourth-order valence-corrected chi connectivity index (χ4v) is 3.26. The van der Waals surface area contributed by atoms with Gasteiger partial charge >= 0.3 is 0 Å². The molecule has 2 aromatic carbocycles. The van der Waals surface area contributed by atoms with Gasteiger partial charge in [-0.05, 0) is 48.6 Å². The Balaban J connectivity index is 1.64. The third-order valence-electron chi connectivity index (χ3n) is 3.77. The first-order valence-electron chi connectivity index (χ1n) is 6.59. The van der Waals surface area contributed by atoms with Crippen molar-refractivity contribution >= 4 is 40.5 Å². The third-order valence-corrected chi connectivity index (χ3v) is 4.68. The van der Waals surface area contributed by atoms with Gasteiger partial charge in [-0.1, -0.05) is 53.0 Å². The topological polar surface area (TPSA) is 12.0 Å². The predicted octanol–water partition coefficient (Wildman–Crippen LogP) is 6.00. The minimum atomic E-state index is 0.423.